The maximum Gasteiger partial charge on any atom is 0.338 e. The second-order valence-electron chi connectivity index (χ2n) is 4.93. The molecule has 10 heteroatoms. The summed E-state index contributed by atoms with van der Waals surface area (Å²) in [7, 11) is -3.28. The van der Waals surface area contributed by atoms with E-state index in [1.54, 1.807) is 0 Å². The SMILES string of the molecule is CCc1cnc(OC)c(NS(=O)(=O)c2cc(C(=O)O)c(F)cc2F)c1. The number of aryl methyl sites for hydroxylation is 1. The van der Waals surface area contributed by atoms with Gasteiger partial charge in [0.15, 0.2) is 0 Å². The van der Waals surface area contributed by atoms with E-state index in [0.29, 0.717) is 18.1 Å². The van der Waals surface area contributed by atoms with Crippen molar-refractivity contribution in [2.45, 2.75) is 18.2 Å². The summed E-state index contributed by atoms with van der Waals surface area (Å²) >= 11 is 0. The van der Waals surface area contributed by atoms with E-state index in [2.05, 4.69) is 9.71 Å². The third kappa shape index (κ3) is 3.85. The van der Waals surface area contributed by atoms with Crippen LogP contribution in [0.4, 0.5) is 14.5 Å². The van der Waals surface area contributed by atoms with Gasteiger partial charge >= 0.3 is 5.97 Å². The van der Waals surface area contributed by atoms with E-state index >= 15 is 0 Å². The summed E-state index contributed by atoms with van der Waals surface area (Å²) in [5.74, 6) is -4.58. The van der Waals surface area contributed by atoms with E-state index < -0.39 is 38.1 Å². The van der Waals surface area contributed by atoms with Gasteiger partial charge in [0.25, 0.3) is 10.0 Å². The van der Waals surface area contributed by atoms with Crippen LogP contribution < -0.4 is 9.46 Å². The molecule has 134 valence electrons. The van der Waals surface area contributed by atoms with Crippen molar-refractivity contribution in [3.8, 4) is 5.88 Å². The maximum absolute atomic E-state index is 13.9. The van der Waals surface area contributed by atoms with Gasteiger partial charge in [-0.25, -0.2) is 27.0 Å². The fraction of sp³-hybridized carbons (Fsp3) is 0.200. The van der Waals surface area contributed by atoms with E-state index in [9.17, 15) is 22.0 Å². The van der Waals surface area contributed by atoms with Crippen LogP contribution in [0, 0.1) is 11.6 Å². The molecule has 0 radical (unpaired) electrons. The number of ether oxygens (including phenoxy) is 1. The third-order valence-corrected chi connectivity index (χ3v) is 4.68. The van der Waals surface area contributed by atoms with Crippen LogP contribution in [0.25, 0.3) is 0 Å². The van der Waals surface area contributed by atoms with Gasteiger partial charge in [-0.3, -0.25) is 4.72 Å². The largest absolute Gasteiger partial charge is 0.480 e. The summed E-state index contributed by atoms with van der Waals surface area (Å²) in [6, 6.07) is 2.07. The Hall–Kier alpha value is -2.75. The lowest BCUT2D eigenvalue weighted by Crippen LogP contribution is -2.17. The highest BCUT2D eigenvalue weighted by Crippen LogP contribution is 2.27. The Bertz CT molecular complexity index is 932. The lowest BCUT2D eigenvalue weighted by atomic mass is 10.2. The van der Waals surface area contributed by atoms with Crippen LogP contribution in [0.5, 0.6) is 5.88 Å². The number of carboxylic acid groups (broad SMARTS) is 1. The molecule has 0 amide bonds. The zero-order valence-corrected chi connectivity index (χ0v) is 14.0. The first-order valence-electron chi connectivity index (χ1n) is 6.97. The number of aromatic nitrogens is 1. The van der Waals surface area contributed by atoms with Crippen molar-refractivity contribution < 1.29 is 31.8 Å². The first-order valence-corrected chi connectivity index (χ1v) is 8.46. The van der Waals surface area contributed by atoms with Crippen LogP contribution in [-0.2, 0) is 16.4 Å². The molecule has 0 aliphatic rings. The number of hydrogen-bond donors (Lipinski definition) is 2. The van der Waals surface area contributed by atoms with Crippen molar-refractivity contribution in [2.24, 2.45) is 0 Å². The summed E-state index contributed by atoms with van der Waals surface area (Å²) in [4.78, 5) is 13.9. The summed E-state index contributed by atoms with van der Waals surface area (Å²) in [5.41, 5.74) is -0.332. The topological polar surface area (TPSA) is 106 Å². The van der Waals surface area contributed by atoms with Gasteiger partial charge < -0.3 is 9.84 Å². The van der Waals surface area contributed by atoms with Crippen molar-refractivity contribution >= 4 is 21.7 Å². The number of carboxylic acids is 1. The van der Waals surface area contributed by atoms with Crippen molar-refractivity contribution in [3.63, 3.8) is 0 Å². The average Bonchev–Trinajstić information content (AvgIpc) is 2.53. The molecule has 0 bridgehead atoms. The molecule has 0 aliphatic carbocycles. The molecule has 25 heavy (non-hydrogen) atoms. The van der Waals surface area contributed by atoms with E-state index in [0.717, 1.165) is 0 Å². The lowest BCUT2D eigenvalue weighted by Gasteiger charge is -2.13. The molecule has 0 atom stereocenters. The molecule has 2 aromatic rings. The van der Waals surface area contributed by atoms with E-state index in [-0.39, 0.29) is 17.6 Å². The van der Waals surface area contributed by atoms with Gasteiger partial charge in [-0.1, -0.05) is 6.92 Å². The molecule has 7 nitrogen and oxygen atoms in total. The van der Waals surface area contributed by atoms with Crippen LogP contribution >= 0.6 is 0 Å². The van der Waals surface area contributed by atoms with E-state index in [1.807, 2.05) is 6.92 Å². The minimum atomic E-state index is -4.55. The maximum atomic E-state index is 13.9. The zero-order valence-electron chi connectivity index (χ0n) is 13.2. The Morgan fingerprint density at radius 2 is 1.96 bits per heavy atom. The second kappa shape index (κ2) is 7.01. The average molecular weight is 372 g/mol. The number of pyridine rings is 1. The minimum absolute atomic E-state index is 0.0533. The Kier molecular flexibility index (Phi) is 5.21. The zero-order chi connectivity index (χ0) is 18.8. The van der Waals surface area contributed by atoms with Gasteiger partial charge in [0.05, 0.1) is 12.7 Å². The quantitative estimate of drug-likeness (QED) is 0.807. The number of carbonyl (C=O) groups is 1. The van der Waals surface area contributed by atoms with Crippen molar-refractivity contribution in [1.82, 2.24) is 4.98 Å². The predicted molar refractivity (Wildman–Crippen MR) is 84.3 cm³/mol. The third-order valence-electron chi connectivity index (χ3n) is 3.30. The highest BCUT2D eigenvalue weighted by molar-refractivity contribution is 7.92. The number of anilines is 1. The van der Waals surface area contributed by atoms with Crippen LogP contribution in [0.2, 0.25) is 0 Å². The van der Waals surface area contributed by atoms with Gasteiger partial charge in [-0.15, -0.1) is 0 Å². The van der Waals surface area contributed by atoms with Crippen LogP contribution in [0.15, 0.2) is 29.3 Å². The number of methoxy groups -OCH3 is 1. The molecule has 0 unspecified atom stereocenters. The normalized spacial score (nSPS) is 11.2. The summed E-state index contributed by atoms with van der Waals surface area (Å²) in [6.45, 7) is 1.82. The highest BCUT2D eigenvalue weighted by atomic mass is 32.2. The highest BCUT2D eigenvalue weighted by Gasteiger charge is 2.25. The van der Waals surface area contributed by atoms with Crippen molar-refractivity contribution in [3.05, 3.63) is 47.2 Å². The van der Waals surface area contributed by atoms with Crippen LogP contribution in [-0.4, -0.2) is 31.6 Å². The second-order valence-corrected chi connectivity index (χ2v) is 6.58. The van der Waals surface area contributed by atoms with Gasteiger partial charge in [0, 0.05) is 12.3 Å². The molecular weight excluding hydrogens is 358 g/mol. The smallest absolute Gasteiger partial charge is 0.338 e. The number of halogens is 2. The molecule has 2 N–H and O–H groups in total. The fourth-order valence-corrected chi connectivity index (χ4v) is 3.16. The number of nitrogens with zero attached hydrogens (tertiary/aromatic N) is 1. The van der Waals surface area contributed by atoms with E-state index in [4.69, 9.17) is 9.84 Å². The molecule has 1 aromatic heterocycles. The predicted octanol–water partition coefficient (Wildman–Crippen LogP) is 2.43. The monoisotopic (exact) mass is 372 g/mol. The van der Waals surface area contributed by atoms with Crippen molar-refractivity contribution in [2.75, 3.05) is 11.8 Å². The number of hydrogen-bond acceptors (Lipinski definition) is 5. The molecule has 0 saturated heterocycles. The van der Waals surface area contributed by atoms with Gasteiger partial charge in [-0.05, 0) is 24.1 Å². The molecule has 0 fully saturated rings. The summed E-state index contributed by atoms with van der Waals surface area (Å²) < 4.78 is 59.3. The van der Waals surface area contributed by atoms with Crippen LogP contribution in [0.1, 0.15) is 22.8 Å². The Labute approximate surface area is 142 Å². The summed E-state index contributed by atoms with van der Waals surface area (Å²) in [6.07, 6.45) is 2.04. The number of rotatable bonds is 6. The first kappa shape index (κ1) is 18.6. The minimum Gasteiger partial charge on any atom is -0.480 e. The Morgan fingerprint density at radius 3 is 2.52 bits per heavy atom. The number of sulfonamides is 1. The fourth-order valence-electron chi connectivity index (χ4n) is 2.02. The Morgan fingerprint density at radius 1 is 1.28 bits per heavy atom. The molecule has 0 aliphatic heterocycles. The number of aromatic carboxylic acids is 1. The molecule has 0 spiro atoms. The Balaban J connectivity index is 2.54. The van der Waals surface area contributed by atoms with E-state index in [1.165, 1.54) is 19.4 Å². The number of nitrogens with one attached hydrogen (secondary N) is 1. The molecule has 1 heterocycles. The van der Waals surface area contributed by atoms with Gasteiger partial charge in [0.1, 0.15) is 22.2 Å². The molecule has 2 rings (SSSR count). The number of benzene rings is 1. The van der Waals surface area contributed by atoms with Gasteiger partial charge in [-0.2, -0.15) is 0 Å². The van der Waals surface area contributed by atoms with Crippen molar-refractivity contribution in [1.29, 1.82) is 0 Å². The first-order chi connectivity index (χ1) is 11.7. The van der Waals surface area contributed by atoms with Crippen LogP contribution in [0.3, 0.4) is 0 Å². The standard InChI is InChI=1S/C15H14F2N2O5S/c1-3-8-4-12(14(24-2)18-7-8)19-25(22,23)13-5-9(15(20)21)10(16)6-11(13)17/h4-7,19H,3H2,1-2H3,(H,20,21). The summed E-state index contributed by atoms with van der Waals surface area (Å²) in [5, 5.41) is 8.88. The molecular formula is C15H14F2N2O5S. The molecule has 1 aromatic carbocycles. The van der Waals surface area contributed by atoms with Gasteiger partial charge in [0.2, 0.25) is 5.88 Å². The lowest BCUT2D eigenvalue weighted by molar-refractivity contribution is 0.0691. The molecule has 0 saturated carbocycles.